The normalized spacial score (nSPS) is 19.5. The van der Waals surface area contributed by atoms with E-state index < -0.39 is 0 Å². The molecule has 1 heteroatoms. The van der Waals surface area contributed by atoms with E-state index in [1.807, 2.05) is 0 Å². The van der Waals surface area contributed by atoms with E-state index >= 15 is 0 Å². The number of allylic oxidation sites excluding steroid dienone is 8. The van der Waals surface area contributed by atoms with Crippen molar-refractivity contribution >= 4 is 15.2 Å². The van der Waals surface area contributed by atoms with E-state index in [1.165, 1.54) is 51.4 Å². The summed E-state index contributed by atoms with van der Waals surface area (Å²) < 4.78 is 1.67. The van der Waals surface area contributed by atoms with E-state index in [9.17, 15) is 0 Å². The molecule has 0 saturated carbocycles. The maximum absolute atomic E-state index is 2.34. The predicted molar refractivity (Wildman–Crippen MR) is 84.1 cm³/mol. The lowest BCUT2D eigenvalue weighted by atomic mass is 10.1. The monoisotopic (exact) mass is 257 g/mol. The second kappa shape index (κ2) is 11.6. The molecule has 18 heavy (non-hydrogen) atoms. The van der Waals surface area contributed by atoms with Crippen LogP contribution in [0.1, 0.15) is 51.4 Å². The van der Waals surface area contributed by atoms with Gasteiger partial charge in [0.2, 0.25) is 15.2 Å². The fourth-order valence-corrected chi connectivity index (χ4v) is 2.97. The Morgan fingerprint density at radius 3 is 2.28 bits per heavy atom. The number of rotatable bonds is 1. The van der Waals surface area contributed by atoms with E-state index in [0.29, 0.717) is 15.2 Å². The average Bonchev–Trinajstić information content (AvgIpc) is 2.39. The summed E-state index contributed by atoms with van der Waals surface area (Å²) in [6.45, 7) is 0. The molecule has 97 valence electrons. The summed E-state index contributed by atoms with van der Waals surface area (Å²) in [4.78, 5) is 0. The van der Waals surface area contributed by atoms with Crippen molar-refractivity contribution in [3.8, 4) is 0 Å². The average molecular weight is 257 g/mol. The molecule has 0 aromatic carbocycles. The third-order valence-corrected chi connectivity index (χ3v) is 4.57. The molecule has 1 radical (unpaired) electrons. The summed E-state index contributed by atoms with van der Waals surface area (Å²) in [6.07, 6.45) is 26.3. The standard InChI is InChI=1S/C16H23.CH3.Al/c1-2-4-6-8-10-12-14-16-15-13-11-9-7-5-3-1;;/h1-7H,8,10-16H2;1H3;. The van der Waals surface area contributed by atoms with E-state index in [2.05, 4.69) is 48.3 Å². The Hall–Kier alpha value is -0.508. The van der Waals surface area contributed by atoms with Gasteiger partial charge in [-0.1, -0.05) is 74.6 Å². The van der Waals surface area contributed by atoms with Gasteiger partial charge < -0.3 is 0 Å². The van der Waals surface area contributed by atoms with Gasteiger partial charge in [-0.25, -0.2) is 0 Å². The first-order chi connectivity index (χ1) is 8.93. The molecular formula is C17H26Al. The molecule has 0 unspecified atom stereocenters. The lowest BCUT2D eigenvalue weighted by molar-refractivity contribution is 0.598. The van der Waals surface area contributed by atoms with Gasteiger partial charge in [0.15, 0.2) is 0 Å². The third-order valence-electron chi connectivity index (χ3n) is 3.35. The van der Waals surface area contributed by atoms with Crippen LogP contribution in [0.3, 0.4) is 0 Å². The minimum absolute atomic E-state index is 0.492. The third kappa shape index (κ3) is 8.56. The highest BCUT2D eigenvalue weighted by atomic mass is 27.1. The van der Waals surface area contributed by atoms with Crippen molar-refractivity contribution in [2.75, 3.05) is 0 Å². The summed E-state index contributed by atoms with van der Waals surface area (Å²) in [7, 11) is 0. The molecule has 0 amide bonds. The predicted octanol–water partition coefficient (Wildman–Crippen LogP) is 5.43. The molecule has 0 heterocycles. The molecule has 0 fully saturated rings. The van der Waals surface area contributed by atoms with Gasteiger partial charge in [-0.15, -0.1) is 10.2 Å². The van der Waals surface area contributed by atoms with Crippen LogP contribution in [-0.2, 0) is 0 Å². The van der Waals surface area contributed by atoms with Gasteiger partial charge in [-0.2, -0.15) is 0 Å². The van der Waals surface area contributed by atoms with E-state index in [0.717, 1.165) is 0 Å². The van der Waals surface area contributed by atoms with Gasteiger partial charge in [0.1, 0.15) is 0 Å². The van der Waals surface area contributed by atoms with Crippen LogP contribution in [-0.4, -0.2) is 15.2 Å². The molecule has 0 nitrogen and oxygen atoms in total. The first-order valence-corrected chi connectivity index (χ1v) is 9.15. The van der Waals surface area contributed by atoms with Crippen LogP contribution in [0, 0.1) is 0 Å². The lowest BCUT2D eigenvalue weighted by Gasteiger charge is -2.04. The van der Waals surface area contributed by atoms with Crippen molar-refractivity contribution in [1.82, 2.24) is 0 Å². The fourth-order valence-electron chi connectivity index (χ4n) is 2.17. The van der Waals surface area contributed by atoms with Crippen LogP contribution in [0.5, 0.6) is 0 Å². The minimum atomic E-state index is 0.492. The Bertz CT molecular complexity index is 308. The zero-order chi connectivity index (χ0) is 12.9. The van der Waals surface area contributed by atoms with Crippen molar-refractivity contribution in [2.24, 2.45) is 0 Å². The summed E-state index contributed by atoms with van der Waals surface area (Å²) >= 11 is 0.492. The Kier molecular flexibility index (Phi) is 10.00. The molecule has 0 saturated heterocycles. The highest BCUT2D eigenvalue weighted by Gasteiger charge is 1.96. The smallest absolute Gasteiger partial charge is 0.144 e. The molecule has 0 aliphatic heterocycles. The van der Waals surface area contributed by atoms with Crippen LogP contribution in [0.4, 0.5) is 0 Å². The van der Waals surface area contributed by atoms with Crippen LogP contribution in [0.25, 0.3) is 0 Å². The summed E-state index contributed by atoms with van der Waals surface area (Å²) in [5, 5.41) is 0. The van der Waals surface area contributed by atoms with Crippen molar-refractivity contribution in [1.29, 1.82) is 0 Å². The molecule has 1 aliphatic carbocycles. The Morgan fingerprint density at radius 2 is 1.44 bits per heavy atom. The molecule has 0 spiro atoms. The lowest BCUT2D eigenvalue weighted by Crippen LogP contribution is -1.91. The van der Waals surface area contributed by atoms with Crippen molar-refractivity contribution in [2.45, 2.75) is 57.2 Å². The van der Waals surface area contributed by atoms with E-state index in [-0.39, 0.29) is 0 Å². The molecule has 0 aromatic heterocycles. The second-order valence-corrected chi connectivity index (χ2v) is 6.21. The first-order valence-electron chi connectivity index (χ1n) is 7.42. The second-order valence-electron chi connectivity index (χ2n) is 4.89. The Labute approximate surface area is 119 Å². The van der Waals surface area contributed by atoms with Gasteiger partial charge in [0, 0.05) is 0 Å². The molecule has 0 aromatic rings. The highest BCUT2D eigenvalue weighted by Crippen LogP contribution is 2.12. The number of hydrogen-bond donors (Lipinski definition) is 0. The topological polar surface area (TPSA) is 0 Å². The highest BCUT2D eigenvalue weighted by molar-refractivity contribution is 6.43. The van der Waals surface area contributed by atoms with Gasteiger partial charge >= 0.3 is 0 Å². The van der Waals surface area contributed by atoms with Gasteiger partial charge in [0.25, 0.3) is 0 Å². The van der Waals surface area contributed by atoms with Gasteiger partial charge in [-0.05, 0) is 19.3 Å². The van der Waals surface area contributed by atoms with Gasteiger partial charge in [-0.3, -0.25) is 0 Å². The fraction of sp³-hybridized carbons (Fsp3) is 0.529. The maximum atomic E-state index is 2.34. The first kappa shape index (κ1) is 15.5. The van der Waals surface area contributed by atoms with Crippen LogP contribution in [0.2, 0.25) is 5.79 Å². The van der Waals surface area contributed by atoms with Crippen LogP contribution < -0.4 is 0 Å². The summed E-state index contributed by atoms with van der Waals surface area (Å²) in [5.41, 5.74) is 0. The SMILES string of the molecule is [CH3][Al][C]1=CC=CC=CC=CCCCCCCCC1. The zero-order valence-corrected chi connectivity index (χ0v) is 12.9. The van der Waals surface area contributed by atoms with Crippen molar-refractivity contribution in [3.63, 3.8) is 0 Å². The van der Waals surface area contributed by atoms with Crippen LogP contribution in [0.15, 0.2) is 47.0 Å². The zero-order valence-electron chi connectivity index (χ0n) is 11.8. The molecular weight excluding hydrogens is 231 g/mol. The molecule has 0 N–H and O–H groups in total. The molecule has 1 rings (SSSR count). The summed E-state index contributed by atoms with van der Waals surface area (Å²) in [5.74, 6) is 2.34. The largest absolute Gasteiger partial charge is 0.239 e. The van der Waals surface area contributed by atoms with E-state index in [1.54, 1.807) is 4.44 Å². The minimum Gasteiger partial charge on any atom is -0.144 e. The van der Waals surface area contributed by atoms with E-state index in [4.69, 9.17) is 0 Å². The van der Waals surface area contributed by atoms with Gasteiger partial charge in [0.05, 0.1) is 0 Å². The Morgan fingerprint density at radius 1 is 0.778 bits per heavy atom. The quantitative estimate of drug-likeness (QED) is 0.550. The van der Waals surface area contributed by atoms with Crippen LogP contribution >= 0.6 is 0 Å². The molecule has 1 aliphatic rings. The molecule has 0 atom stereocenters. The Balaban J connectivity index is 2.48. The maximum Gasteiger partial charge on any atom is 0.239 e. The van der Waals surface area contributed by atoms with Crippen molar-refractivity contribution in [3.05, 3.63) is 47.0 Å². The van der Waals surface area contributed by atoms with Crippen molar-refractivity contribution < 1.29 is 0 Å². The molecule has 0 bridgehead atoms. The number of hydrogen-bond acceptors (Lipinski definition) is 0. The summed E-state index contributed by atoms with van der Waals surface area (Å²) in [6, 6.07) is 0.